The van der Waals surface area contributed by atoms with E-state index in [0.717, 1.165) is 12.0 Å². The average molecular weight is 323 g/mol. The third kappa shape index (κ3) is 3.30. The Morgan fingerprint density at radius 2 is 2.08 bits per heavy atom. The molecule has 122 valence electrons. The summed E-state index contributed by atoms with van der Waals surface area (Å²) in [5.41, 5.74) is 1.49. The molecule has 2 heterocycles. The number of benzene rings is 1. The Balaban J connectivity index is 1.61. The number of nitriles is 1. The molecule has 0 spiro atoms. The SMILES string of the molecule is N#Cc1ccc(CNC(=O)C2CCCN2C(=O)c2ccco2)cc1. The van der Waals surface area contributed by atoms with E-state index in [1.807, 2.05) is 0 Å². The number of hydrogen-bond donors (Lipinski definition) is 1. The number of amides is 2. The van der Waals surface area contributed by atoms with E-state index in [4.69, 9.17) is 9.68 Å². The molecule has 0 bridgehead atoms. The molecule has 1 aliphatic heterocycles. The first-order chi connectivity index (χ1) is 11.7. The van der Waals surface area contributed by atoms with E-state index in [1.54, 1.807) is 41.3 Å². The minimum absolute atomic E-state index is 0.170. The molecule has 2 amide bonds. The van der Waals surface area contributed by atoms with Crippen LogP contribution < -0.4 is 5.32 Å². The fourth-order valence-corrected chi connectivity index (χ4v) is 2.83. The molecule has 1 saturated heterocycles. The largest absolute Gasteiger partial charge is 0.459 e. The highest BCUT2D eigenvalue weighted by Gasteiger charge is 2.35. The van der Waals surface area contributed by atoms with Crippen LogP contribution in [0.15, 0.2) is 47.1 Å². The van der Waals surface area contributed by atoms with Gasteiger partial charge in [-0.3, -0.25) is 9.59 Å². The summed E-state index contributed by atoms with van der Waals surface area (Å²) < 4.78 is 5.14. The van der Waals surface area contributed by atoms with Crippen molar-refractivity contribution in [2.75, 3.05) is 6.54 Å². The van der Waals surface area contributed by atoms with Crippen molar-refractivity contribution in [3.05, 3.63) is 59.5 Å². The highest BCUT2D eigenvalue weighted by atomic mass is 16.3. The van der Waals surface area contributed by atoms with E-state index in [0.29, 0.717) is 25.1 Å². The number of nitrogens with zero attached hydrogens (tertiary/aromatic N) is 2. The first kappa shape index (κ1) is 15.8. The number of nitrogens with one attached hydrogen (secondary N) is 1. The van der Waals surface area contributed by atoms with Gasteiger partial charge in [0.2, 0.25) is 5.91 Å². The van der Waals surface area contributed by atoms with E-state index in [-0.39, 0.29) is 17.6 Å². The number of carbonyl (C=O) groups is 2. The summed E-state index contributed by atoms with van der Waals surface area (Å²) in [7, 11) is 0. The van der Waals surface area contributed by atoms with Gasteiger partial charge in [-0.25, -0.2) is 0 Å². The zero-order valence-electron chi connectivity index (χ0n) is 13.1. The van der Waals surface area contributed by atoms with E-state index >= 15 is 0 Å². The van der Waals surface area contributed by atoms with Crippen LogP contribution in [0.1, 0.15) is 34.5 Å². The number of likely N-dealkylation sites (tertiary alicyclic amines) is 1. The number of carbonyl (C=O) groups excluding carboxylic acids is 2. The Bertz CT molecular complexity index is 760. The molecule has 6 nitrogen and oxygen atoms in total. The molecule has 1 aliphatic rings. The first-order valence-corrected chi connectivity index (χ1v) is 7.80. The number of furan rings is 1. The summed E-state index contributed by atoms with van der Waals surface area (Å²) in [6.07, 6.45) is 2.89. The topological polar surface area (TPSA) is 86.3 Å². The van der Waals surface area contributed by atoms with Gasteiger partial charge in [-0.15, -0.1) is 0 Å². The number of rotatable bonds is 4. The van der Waals surface area contributed by atoms with Crippen LogP contribution in [0.2, 0.25) is 0 Å². The summed E-state index contributed by atoms with van der Waals surface area (Å²) in [5.74, 6) is -0.172. The first-order valence-electron chi connectivity index (χ1n) is 7.80. The van der Waals surface area contributed by atoms with Crippen LogP contribution in [-0.2, 0) is 11.3 Å². The molecule has 1 N–H and O–H groups in total. The van der Waals surface area contributed by atoms with Crippen LogP contribution in [0.4, 0.5) is 0 Å². The van der Waals surface area contributed by atoms with Crippen molar-refractivity contribution in [2.24, 2.45) is 0 Å². The molecule has 1 unspecified atom stereocenters. The lowest BCUT2D eigenvalue weighted by Crippen LogP contribution is -2.45. The van der Waals surface area contributed by atoms with Gasteiger partial charge in [0.05, 0.1) is 17.9 Å². The minimum atomic E-state index is -0.471. The van der Waals surface area contributed by atoms with E-state index in [1.165, 1.54) is 6.26 Å². The Labute approximate surface area is 139 Å². The van der Waals surface area contributed by atoms with Crippen LogP contribution in [0.3, 0.4) is 0 Å². The van der Waals surface area contributed by atoms with Crippen LogP contribution >= 0.6 is 0 Å². The van der Waals surface area contributed by atoms with Crippen molar-refractivity contribution in [3.63, 3.8) is 0 Å². The molecule has 0 saturated carbocycles. The molecular weight excluding hydrogens is 306 g/mol. The molecule has 0 aliphatic carbocycles. The van der Waals surface area contributed by atoms with Gasteiger partial charge in [-0.1, -0.05) is 12.1 Å². The van der Waals surface area contributed by atoms with Crippen molar-refractivity contribution in [1.29, 1.82) is 5.26 Å². The molecule has 1 aromatic carbocycles. The third-order valence-electron chi connectivity index (χ3n) is 4.10. The quantitative estimate of drug-likeness (QED) is 0.933. The van der Waals surface area contributed by atoms with Crippen LogP contribution in [0.25, 0.3) is 0 Å². The Kier molecular flexibility index (Phi) is 4.62. The maximum atomic E-state index is 12.4. The van der Waals surface area contributed by atoms with Gasteiger partial charge in [0, 0.05) is 13.1 Å². The van der Waals surface area contributed by atoms with Gasteiger partial charge >= 0.3 is 0 Å². The van der Waals surface area contributed by atoms with Crippen molar-refractivity contribution in [1.82, 2.24) is 10.2 Å². The highest BCUT2D eigenvalue weighted by molar-refractivity contribution is 5.95. The summed E-state index contributed by atoms with van der Waals surface area (Å²) >= 11 is 0. The van der Waals surface area contributed by atoms with Gasteiger partial charge in [0.15, 0.2) is 5.76 Å². The van der Waals surface area contributed by atoms with Gasteiger partial charge in [-0.05, 0) is 42.7 Å². The molecule has 2 aromatic rings. The van der Waals surface area contributed by atoms with Crippen molar-refractivity contribution < 1.29 is 14.0 Å². The lowest BCUT2D eigenvalue weighted by atomic mass is 10.1. The van der Waals surface area contributed by atoms with E-state index < -0.39 is 6.04 Å². The predicted molar refractivity (Wildman–Crippen MR) is 85.8 cm³/mol. The molecule has 1 atom stereocenters. The predicted octanol–water partition coefficient (Wildman–Crippen LogP) is 2.07. The van der Waals surface area contributed by atoms with E-state index in [9.17, 15) is 9.59 Å². The van der Waals surface area contributed by atoms with Gasteiger partial charge in [0.25, 0.3) is 5.91 Å². The second-order valence-corrected chi connectivity index (χ2v) is 5.66. The van der Waals surface area contributed by atoms with Gasteiger partial charge < -0.3 is 14.6 Å². The maximum absolute atomic E-state index is 12.4. The summed E-state index contributed by atoms with van der Waals surface area (Å²) in [6.45, 7) is 0.915. The average Bonchev–Trinajstić information content (AvgIpc) is 3.31. The Morgan fingerprint density at radius 3 is 2.75 bits per heavy atom. The summed E-state index contributed by atoms with van der Waals surface area (Å²) in [5, 5.41) is 11.6. The molecule has 1 fully saturated rings. The summed E-state index contributed by atoms with van der Waals surface area (Å²) in [4.78, 5) is 26.4. The summed E-state index contributed by atoms with van der Waals surface area (Å²) in [6, 6.07) is 11.9. The van der Waals surface area contributed by atoms with Gasteiger partial charge in [-0.2, -0.15) is 5.26 Å². The minimum Gasteiger partial charge on any atom is -0.459 e. The molecule has 3 rings (SSSR count). The van der Waals surface area contributed by atoms with Crippen molar-refractivity contribution >= 4 is 11.8 Å². The maximum Gasteiger partial charge on any atom is 0.290 e. The second-order valence-electron chi connectivity index (χ2n) is 5.66. The van der Waals surface area contributed by atoms with Crippen LogP contribution in [0.5, 0.6) is 0 Å². The standard InChI is InChI=1S/C18H17N3O3/c19-11-13-5-7-14(8-6-13)12-20-17(22)15-3-1-9-21(15)18(23)16-4-2-10-24-16/h2,4-8,10,15H,1,3,9,12H2,(H,20,22). The normalized spacial score (nSPS) is 16.6. The smallest absolute Gasteiger partial charge is 0.290 e. The lowest BCUT2D eigenvalue weighted by Gasteiger charge is -2.23. The highest BCUT2D eigenvalue weighted by Crippen LogP contribution is 2.20. The molecule has 6 heteroatoms. The third-order valence-corrected chi connectivity index (χ3v) is 4.10. The molecule has 1 aromatic heterocycles. The monoisotopic (exact) mass is 323 g/mol. The molecular formula is C18H17N3O3. The Morgan fingerprint density at radius 1 is 1.29 bits per heavy atom. The van der Waals surface area contributed by atoms with E-state index in [2.05, 4.69) is 11.4 Å². The fourth-order valence-electron chi connectivity index (χ4n) is 2.83. The number of hydrogen-bond acceptors (Lipinski definition) is 4. The zero-order chi connectivity index (χ0) is 16.9. The van der Waals surface area contributed by atoms with Crippen molar-refractivity contribution in [3.8, 4) is 6.07 Å². The zero-order valence-corrected chi connectivity index (χ0v) is 13.1. The second kappa shape index (κ2) is 7.01. The molecule has 24 heavy (non-hydrogen) atoms. The lowest BCUT2D eigenvalue weighted by molar-refractivity contribution is -0.125. The fraction of sp³-hybridized carbons (Fsp3) is 0.278. The van der Waals surface area contributed by atoms with Crippen LogP contribution in [0, 0.1) is 11.3 Å². The van der Waals surface area contributed by atoms with Crippen molar-refractivity contribution in [2.45, 2.75) is 25.4 Å². The van der Waals surface area contributed by atoms with Gasteiger partial charge in [0.1, 0.15) is 6.04 Å². The van der Waals surface area contributed by atoms with Crippen LogP contribution in [-0.4, -0.2) is 29.3 Å². The molecule has 0 radical (unpaired) electrons. The Hall–Kier alpha value is -3.07.